The first-order valence-corrected chi connectivity index (χ1v) is 12.3. The molecular weight excluding hydrogens is 448 g/mol. The molecule has 0 bridgehead atoms. The summed E-state index contributed by atoms with van der Waals surface area (Å²) >= 11 is 6.75. The third-order valence-corrected chi connectivity index (χ3v) is 6.47. The van der Waals surface area contributed by atoms with Crippen LogP contribution in [0.3, 0.4) is 0 Å². The predicted molar refractivity (Wildman–Crippen MR) is 136 cm³/mol. The largest absolute Gasteiger partial charge is 0.329 e. The number of nitrogens with zero attached hydrogens (tertiary/aromatic N) is 5. The average molecular weight is 479 g/mol. The zero-order valence-corrected chi connectivity index (χ0v) is 20.7. The highest BCUT2D eigenvalue weighted by atomic mass is 35.5. The van der Waals surface area contributed by atoms with Gasteiger partial charge in [0.1, 0.15) is 5.15 Å². The molecule has 4 rings (SSSR count). The molecule has 178 valence electrons. The quantitative estimate of drug-likeness (QED) is 0.322. The molecule has 0 aliphatic carbocycles. The summed E-state index contributed by atoms with van der Waals surface area (Å²) in [6, 6.07) is 16.3. The Bertz CT molecular complexity index is 1270. The molecule has 0 saturated carbocycles. The van der Waals surface area contributed by atoms with Crippen LogP contribution in [0, 0.1) is 5.92 Å². The van der Waals surface area contributed by atoms with Gasteiger partial charge in [-0.1, -0.05) is 81.3 Å². The second kappa shape index (κ2) is 10.8. The lowest BCUT2D eigenvalue weighted by molar-refractivity contribution is 0.563. The van der Waals surface area contributed by atoms with Gasteiger partial charge in [0.25, 0.3) is 0 Å². The number of hydrogen-bond donors (Lipinski definition) is 1. The van der Waals surface area contributed by atoms with Crippen LogP contribution in [0.15, 0.2) is 53.3 Å². The molecule has 0 aliphatic rings. The average Bonchev–Trinajstić information content (AvgIpc) is 3.45. The zero-order valence-electron chi connectivity index (χ0n) is 20.0. The molecule has 1 N–H and O–H groups in total. The van der Waals surface area contributed by atoms with Gasteiger partial charge in [-0.3, -0.25) is 9.13 Å². The third-order valence-electron chi connectivity index (χ3n) is 6.05. The molecule has 0 amide bonds. The van der Waals surface area contributed by atoms with Crippen LogP contribution in [0.25, 0.3) is 22.5 Å². The lowest BCUT2D eigenvalue weighted by atomic mass is 9.97. The van der Waals surface area contributed by atoms with E-state index in [4.69, 9.17) is 11.6 Å². The molecule has 0 saturated heterocycles. The Morgan fingerprint density at radius 1 is 1.06 bits per heavy atom. The van der Waals surface area contributed by atoms with E-state index in [2.05, 4.69) is 65.7 Å². The Kier molecular flexibility index (Phi) is 7.63. The highest BCUT2D eigenvalue weighted by Crippen LogP contribution is 2.31. The third kappa shape index (κ3) is 5.14. The van der Waals surface area contributed by atoms with Crippen molar-refractivity contribution in [2.45, 2.75) is 59.5 Å². The number of imidazole rings is 1. The first-order chi connectivity index (χ1) is 16.5. The van der Waals surface area contributed by atoms with Crippen molar-refractivity contribution >= 4 is 11.6 Å². The number of H-pyrrole nitrogens is 1. The standard InChI is InChI=1S/C26H31ClN6O/c1-4-5-15-32-24(27)23(14-11-18(2)3)33(26(32)34)17-19-12-13-21(20-9-7-6-8-10-20)22(16-19)25-28-30-31-29-25/h6-10,12-13,16,18H,4-5,11,14-15,17H2,1-3H3,(H,28,29,30,31). The lowest BCUT2D eigenvalue weighted by Crippen LogP contribution is -2.26. The molecule has 0 spiro atoms. The maximum Gasteiger partial charge on any atom is 0.329 e. The summed E-state index contributed by atoms with van der Waals surface area (Å²) in [5, 5.41) is 15.3. The fourth-order valence-electron chi connectivity index (χ4n) is 4.15. The van der Waals surface area contributed by atoms with Crippen molar-refractivity contribution in [3.63, 3.8) is 0 Å². The fourth-order valence-corrected chi connectivity index (χ4v) is 4.50. The van der Waals surface area contributed by atoms with Crippen molar-refractivity contribution in [3.05, 3.63) is 75.4 Å². The summed E-state index contributed by atoms with van der Waals surface area (Å²) in [5.74, 6) is 1.04. The van der Waals surface area contributed by atoms with Gasteiger partial charge in [-0.15, -0.1) is 10.2 Å². The van der Waals surface area contributed by atoms with Gasteiger partial charge in [-0.05, 0) is 53.2 Å². The Morgan fingerprint density at radius 3 is 2.53 bits per heavy atom. The number of nitrogens with one attached hydrogen (secondary N) is 1. The molecule has 2 heterocycles. The van der Waals surface area contributed by atoms with Gasteiger partial charge in [-0.25, -0.2) is 4.79 Å². The number of halogens is 1. The van der Waals surface area contributed by atoms with E-state index in [1.54, 1.807) is 4.57 Å². The maximum atomic E-state index is 13.4. The van der Waals surface area contributed by atoms with E-state index in [0.29, 0.717) is 30.0 Å². The number of benzene rings is 2. The van der Waals surface area contributed by atoms with Gasteiger partial charge in [0.05, 0.1) is 12.2 Å². The van der Waals surface area contributed by atoms with E-state index in [1.165, 1.54) is 0 Å². The number of tetrazole rings is 1. The van der Waals surface area contributed by atoms with Crippen LogP contribution in [0.1, 0.15) is 51.3 Å². The Hall–Kier alpha value is -3.19. The van der Waals surface area contributed by atoms with Gasteiger partial charge in [0.15, 0.2) is 0 Å². The lowest BCUT2D eigenvalue weighted by Gasteiger charge is -2.12. The Balaban J connectivity index is 1.76. The Labute approximate surface area is 204 Å². The van der Waals surface area contributed by atoms with E-state index in [-0.39, 0.29) is 5.69 Å². The summed E-state index contributed by atoms with van der Waals surface area (Å²) < 4.78 is 3.55. The number of hydrogen-bond acceptors (Lipinski definition) is 4. The minimum atomic E-state index is -0.0505. The summed E-state index contributed by atoms with van der Waals surface area (Å²) in [6.07, 6.45) is 3.66. The summed E-state index contributed by atoms with van der Waals surface area (Å²) in [4.78, 5) is 13.4. The van der Waals surface area contributed by atoms with Crippen molar-refractivity contribution in [1.29, 1.82) is 0 Å². The van der Waals surface area contributed by atoms with E-state index in [9.17, 15) is 4.79 Å². The normalized spacial score (nSPS) is 11.4. The second-order valence-electron chi connectivity index (χ2n) is 9.03. The van der Waals surface area contributed by atoms with Crippen LogP contribution < -0.4 is 5.69 Å². The van der Waals surface area contributed by atoms with E-state index in [0.717, 1.165) is 53.6 Å². The van der Waals surface area contributed by atoms with Crippen LogP contribution in [-0.4, -0.2) is 29.8 Å². The summed E-state index contributed by atoms with van der Waals surface area (Å²) in [6.45, 7) is 7.55. The minimum Gasteiger partial charge on any atom is -0.290 e. The molecule has 0 atom stereocenters. The highest BCUT2D eigenvalue weighted by Gasteiger charge is 2.20. The Morgan fingerprint density at radius 2 is 1.85 bits per heavy atom. The molecule has 4 aromatic rings. The van der Waals surface area contributed by atoms with Gasteiger partial charge in [0, 0.05) is 12.1 Å². The molecule has 2 aromatic carbocycles. The second-order valence-corrected chi connectivity index (χ2v) is 9.38. The fraction of sp³-hybridized carbons (Fsp3) is 0.385. The van der Waals surface area contributed by atoms with Crippen LogP contribution in [-0.2, 0) is 19.5 Å². The van der Waals surface area contributed by atoms with E-state index in [1.807, 2.05) is 28.8 Å². The molecule has 0 radical (unpaired) electrons. The SMILES string of the molecule is CCCCn1c(Cl)c(CCC(C)C)n(Cc2ccc(-c3ccccc3)c(-c3nn[nH]n3)c2)c1=O. The van der Waals surface area contributed by atoms with Crippen molar-refractivity contribution in [3.8, 4) is 22.5 Å². The molecule has 0 aliphatic heterocycles. The molecule has 0 fully saturated rings. The van der Waals surface area contributed by atoms with Gasteiger partial charge in [-0.2, -0.15) is 5.21 Å². The highest BCUT2D eigenvalue weighted by molar-refractivity contribution is 6.30. The summed E-state index contributed by atoms with van der Waals surface area (Å²) in [7, 11) is 0. The number of rotatable bonds is 10. The first kappa shape index (κ1) is 24.0. The van der Waals surface area contributed by atoms with Crippen LogP contribution in [0.2, 0.25) is 5.15 Å². The van der Waals surface area contributed by atoms with E-state index < -0.39 is 0 Å². The van der Waals surface area contributed by atoms with Crippen LogP contribution in [0.4, 0.5) is 0 Å². The molecule has 34 heavy (non-hydrogen) atoms. The first-order valence-electron chi connectivity index (χ1n) is 11.9. The van der Waals surface area contributed by atoms with Crippen molar-refractivity contribution in [2.24, 2.45) is 5.92 Å². The van der Waals surface area contributed by atoms with Gasteiger partial charge >= 0.3 is 5.69 Å². The monoisotopic (exact) mass is 478 g/mol. The van der Waals surface area contributed by atoms with Gasteiger partial charge < -0.3 is 0 Å². The number of aromatic nitrogens is 6. The van der Waals surface area contributed by atoms with E-state index >= 15 is 0 Å². The predicted octanol–water partition coefficient (Wildman–Crippen LogP) is 5.59. The number of unbranched alkanes of at least 4 members (excludes halogenated alkanes) is 1. The van der Waals surface area contributed by atoms with Crippen LogP contribution >= 0.6 is 11.6 Å². The van der Waals surface area contributed by atoms with Crippen molar-refractivity contribution in [2.75, 3.05) is 0 Å². The molecule has 0 unspecified atom stereocenters. The number of aromatic amines is 1. The smallest absolute Gasteiger partial charge is 0.290 e. The van der Waals surface area contributed by atoms with Crippen LogP contribution in [0.5, 0.6) is 0 Å². The molecular formula is C26H31ClN6O. The topological polar surface area (TPSA) is 81.4 Å². The molecule has 8 heteroatoms. The summed E-state index contributed by atoms with van der Waals surface area (Å²) in [5.41, 5.74) is 4.78. The zero-order chi connectivity index (χ0) is 24.1. The minimum absolute atomic E-state index is 0.0505. The van der Waals surface area contributed by atoms with Crippen molar-refractivity contribution in [1.82, 2.24) is 29.8 Å². The van der Waals surface area contributed by atoms with Gasteiger partial charge in [0.2, 0.25) is 5.82 Å². The molecule has 2 aromatic heterocycles. The maximum absolute atomic E-state index is 13.4. The molecule has 7 nitrogen and oxygen atoms in total. The van der Waals surface area contributed by atoms with Crippen molar-refractivity contribution < 1.29 is 0 Å².